The summed E-state index contributed by atoms with van der Waals surface area (Å²) in [5, 5.41) is -0.146. The highest BCUT2D eigenvalue weighted by atomic mass is 32.2. The van der Waals surface area contributed by atoms with Gasteiger partial charge in [0.1, 0.15) is 5.69 Å². The van der Waals surface area contributed by atoms with E-state index in [1.54, 1.807) is 0 Å². The third kappa shape index (κ3) is 6.89. The summed E-state index contributed by atoms with van der Waals surface area (Å²) in [6.07, 6.45) is -3.59. The molecule has 0 bridgehead atoms. The Bertz CT molecular complexity index is 787. The molecular weight excluding hydrogens is 381 g/mol. The summed E-state index contributed by atoms with van der Waals surface area (Å²) in [5.74, 6) is -1.06. The summed E-state index contributed by atoms with van der Waals surface area (Å²) in [7, 11) is 0. The van der Waals surface area contributed by atoms with E-state index in [4.69, 9.17) is 5.73 Å². The van der Waals surface area contributed by atoms with Crippen LogP contribution in [0.2, 0.25) is 0 Å². The third-order valence-electron chi connectivity index (χ3n) is 3.45. The second kappa shape index (κ2) is 9.36. The van der Waals surface area contributed by atoms with Gasteiger partial charge in [-0.3, -0.25) is 9.59 Å². The van der Waals surface area contributed by atoms with Crippen molar-refractivity contribution in [2.45, 2.75) is 24.3 Å². The molecule has 0 saturated carbocycles. The van der Waals surface area contributed by atoms with Crippen LogP contribution in [0.15, 0.2) is 47.8 Å². The molecule has 27 heavy (non-hydrogen) atoms. The highest BCUT2D eigenvalue weighted by Crippen LogP contribution is 2.28. The molecule has 0 aliphatic heterocycles. The minimum Gasteiger partial charge on any atom is -0.370 e. The van der Waals surface area contributed by atoms with Crippen LogP contribution in [0.25, 0.3) is 0 Å². The first-order chi connectivity index (χ1) is 12.8. The quantitative estimate of drug-likeness (QED) is 0.545. The summed E-state index contributed by atoms with van der Waals surface area (Å²) < 4.78 is 38.1. The molecule has 0 saturated heterocycles. The Morgan fingerprint density at radius 1 is 1.15 bits per heavy atom. The fraction of sp³-hybridized carbons (Fsp3) is 0.294. The van der Waals surface area contributed by atoms with Crippen LogP contribution in [-0.2, 0) is 22.3 Å². The van der Waals surface area contributed by atoms with Gasteiger partial charge in [0, 0.05) is 25.7 Å². The number of carbonyl (C=O) groups excluding carboxylic acids is 2. The number of amides is 2. The zero-order chi connectivity index (χ0) is 19.9. The summed E-state index contributed by atoms with van der Waals surface area (Å²) >= 11 is 0.802. The maximum atomic E-state index is 12.7. The van der Waals surface area contributed by atoms with Gasteiger partial charge >= 0.3 is 6.18 Å². The lowest BCUT2D eigenvalue weighted by Gasteiger charge is -2.22. The maximum absolute atomic E-state index is 12.7. The van der Waals surface area contributed by atoms with Gasteiger partial charge in [0.15, 0.2) is 5.16 Å². The smallest absolute Gasteiger partial charge is 0.370 e. The molecule has 10 heteroatoms. The van der Waals surface area contributed by atoms with E-state index in [1.165, 1.54) is 4.90 Å². The molecule has 0 radical (unpaired) electrons. The predicted octanol–water partition coefficient (Wildman–Crippen LogP) is 2.49. The number of benzene rings is 1. The number of alkyl halides is 3. The first-order valence-electron chi connectivity index (χ1n) is 7.89. The Balaban J connectivity index is 2.03. The number of aromatic nitrogens is 2. The molecule has 1 aromatic carbocycles. The van der Waals surface area contributed by atoms with Crippen molar-refractivity contribution in [3.63, 3.8) is 0 Å². The minimum atomic E-state index is -4.58. The van der Waals surface area contributed by atoms with Crippen LogP contribution in [0, 0.1) is 0 Å². The van der Waals surface area contributed by atoms with Crippen LogP contribution in [-0.4, -0.2) is 39.0 Å². The van der Waals surface area contributed by atoms with Gasteiger partial charge in [0.05, 0.1) is 5.75 Å². The summed E-state index contributed by atoms with van der Waals surface area (Å²) in [6, 6.07) is 9.89. The van der Waals surface area contributed by atoms with Crippen LogP contribution in [0.5, 0.6) is 0 Å². The molecule has 6 nitrogen and oxygen atoms in total. The number of rotatable bonds is 8. The van der Waals surface area contributed by atoms with Crippen LogP contribution < -0.4 is 5.73 Å². The molecule has 2 aromatic rings. The minimum absolute atomic E-state index is 0.0106. The number of thioether (sulfide) groups is 1. The molecule has 0 atom stereocenters. The Kier molecular flexibility index (Phi) is 7.17. The second-order valence-electron chi connectivity index (χ2n) is 5.53. The molecule has 0 aliphatic carbocycles. The number of halogens is 3. The monoisotopic (exact) mass is 398 g/mol. The van der Waals surface area contributed by atoms with Gasteiger partial charge in [-0.25, -0.2) is 9.97 Å². The van der Waals surface area contributed by atoms with Gasteiger partial charge in [0.2, 0.25) is 11.8 Å². The number of nitrogens with two attached hydrogens (primary N) is 1. The largest absolute Gasteiger partial charge is 0.433 e. The fourth-order valence-corrected chi connectivity index (χ4v) is 2.86. The van der Waals surface area contributed by atoms with Crippen molar-refractivity contribution >= 4 is 23.6 Å². The predicted molar refractivity (Wildman–Crippen MR) is 93.4 cm³/mol. The number of hydrogen-bond donors (Lipinski definition) is 1. The Morgan fingerprint density at radius 3 is 2.48 bits per heavy atom. The van der Waals surface area contributed by atoms with Crippen LogP contribution in [0.3, 0.4) is 0 Å². The summed E-state index contributed by atoms with van der Waals surface area (Å²) in [6.45, 7) is 0.379. The molecule has 2 amide bonds. The zero-order valence-corrected chi connectivity index (χ0v) is 15.0. The van der Waals surface area contributed by atoms with Crippen LogP contribution >= 0.6 is 11.8 Å². The maximum Gasteiger partial charge on any atom is 0.433 e. The van der Waals surface area contributed by atoms with E-state index in [0.717, 1.165) is 29.6 Å². The Hall–Kier alpha value is -2.62. The van der Waals surface area contributed by atoms with Gasteiger partial charge in [0.25, 0.3) is 0 Å². The van der Waals surface area contributed by atoms with E-state index in [0.29, 0.717) is 0 Å². The normalized spacial score (nSPS) is 11.2. The zero-order valence-electron chi connectivity index (χ0n) is 14.1. The fourth-order valence-electron chi connectivity index (χ4n) is 2.13. The number of nitrogens with zero attached hydrogens (tertiary/aromatic N) is 3. The topological polar surface area (TPSA) is 89.2 Å². The molecular formula is C17H17F3N4O2S. The highest BCUT2D eigenvalue weighted by molar-refractivity contribution is 7.99. The SMILES string of the molecule is NC(=O)CCN(Cc1ccccc1)C(=O)CSc1nccc(C(F)(F)F)n1. The average molecular weight is 398 g/mol. The first kappa shape index (κ1) is 20.7. The molecule has 0 aliphatic rings. The van der Waals surface area contributed by atoms with E-state index >= 15 is 0 Å². The van der Waals surface area contributed by atoms with Crippen molar-refractivity contribution in [1.29, 1.82) is 0 Å². The van der Waals surface area contributed by atoms with Crippen LogP contribution in [0.4, 0.5) is 13.2 Å². The van der Waals surface area contributed by atoms with E-state index in [-0.39, 0.29) is 36.3 Å². The Morgan fingerprint density at radius 2 is 1.85 bits per heavy atom. The van der Waals surface area contributed by atoms with Gasteiger partial charge in [-0.15, -0.1) is 0 Å². The van der Waals surface area contributed by atoms with Crippen molar-refractivity contribution in [2.24, 2.45) is 5.73 Å². The van der Waals surface area contributed by atoms with E-state index in [9.17, 15) is 22.8 Å². The number of primary amides is 1. The first-order valence-corrected chi connectivity index (χ1v) is 8.87. The molecule has 0 spiro atoms. The summed E-state index contributed by atoms with van der Waals surface area (Å²) in [5.41, 5.74) is 4.94. The van der Waals surface area contributed by atoms with Crippen molar-refractivity contribution in [1.82, 2.24) is 14.9 Å². The van der Waals surface area contributed by atoms with Gasteiger partial charge in [-0.1, -0.05) is 42.1 Å². The molecule has 2 N–H and O–H groups in total. The second-order valence-corrected chi connectivity index (χ2v) is 6.47. The van der Waals surface area contributed by atoms with Crippen molar-refractivity contribution < 1.29 is 22.8 Å². The lowest BCUT2D eigenvalue weighted by Crippen LogP contribution is -2.34. The van der Waals surface area contributed by atoms with Gasteiger partial charge < -0.3 is 10.6 Å². The van der Waals surface area contributed by atoms with Crippen molar-refractivity contribution in [2.75, 3.05) is 12.3 Å². The van der Waals surface area contributed by atoms with E-state index in [2.05, 4.69) is 9.97 Å². The number of hydrogen-bond acceptors (Lipinski definition) is 5. The lowest BCUT2D eigenvalue weighted by molar-refractivity contribution is -0.141. The standard InChI is InChI=1S/C17H17F3N4O2S/c18-17(19,20)13-6-8-22-16(23-13)27-11-15(26)24(9-7-14(21)25)10-12-4-2-1-3-5-12/h1-6,8H,7,9-11H2,(H2,21,25). The summed E-state index contributed by atoms with van der Waals surface area (Å²) in [4.78, 5) is 32.1. The van der Waals surface area contributed by atoms with Crippen molar-refractivity contribution in [3.8, 4) is 0 Å². The third-order valence-corrected chi connectivity index (χ3v) is 4.29. The Labute approximate surface area is 158 Å². The number of carbonyl (C=O) groups is 2. The molecule has 2 rings (SSSR count). The van der Waals surface area contributed by atoms with Gasteiger partial charge in [-0.2, -0.15) is 13.2 Å². The van der Waals surface area contributed by atoms with Crippen molar-refractivity contribution in [3.05, 3.63) is 53.9 Å². The average Bonchev–Trinajstić information content (AvgIpc) is 2.63. The lowest BCUT2D eigenvalue weighted by atomic mass is 10.2. The van der Waals surface area contributed by atoms with E-state index in [1.807, 2.05) is 30.3 Å². The molecule has 0 unspecified atom stereocenters. The molecule has 144 valence electrons. The van der Waals surface area contributed by atoms with E-state index < -0.39 is 17.8 Å². The molecule has 1 aromatic heterocycles. The highest BCUT2D eigenvalue weighted by Gasteiger charge is 2.32. The van der Waals surface area contributed by atoms with Gasteiger partial charge in [-0.05, 0) is 11.6 Å². The molecule has 1 heterocycles. The van der Waals surface area contributed by atoms with Crippen LogP contribution in [0.1, 0.15) is 17.7 Å². The molecule has 0 fully saturated rings.